The molecule has 0 saturated carbocycles. The first-order chi connectivity index (χ1) is 8.95. The van der Waals surface area contributed by atoms with Gasteiger partial charge in [0.1, 0.15) is 0 Å². The van der Waals surface area contributed by atoms with Crippen LogP contribution in [0.1, 0.15) is 10.7 Å². The summed E-state index contributed by atoms with van der Waals surface area (Å²) < 4.78 is 23.9. The van der Waals surface area contributed by atoms with E-state index in [0.717, 1.165) is 30.2 Å². The van der Waals surface area contributed by atoms with Crippen molar-refractivity contribution in [3.8, 4) is 0 Å². The SMILES string of the molecule is Cc1nc(CCN2C[C@H]3[C@H](N)CS(=O)(=O)[C@H]3C2)cs1.Cl.Cl. The molecule has 3 heterocycles. The summed E-state index contributed by atoms with van der Waals surface area (Å²) in [5.74, 6) is 0.295. The number of aryl methyl sites for hydroxylation is 1. The van der Waals surface area contributed by atoms with Crippen LogP contribution in [0.5, 0.6) is 0 Å². The van der Waals surface area contributed by atoms with Crippen LogP contribution in [0.4, 0.5) is 0 Å². The number of nitrogens with zero attached hydrogens (tertiary/aromatic N) is 2. The maximum absolute atomic E-state index is 12.0. The van der Waals surface area contributed by atoms with Crippen LogP contribution in [0.3, 0.4) is 0 Å². The number of aromatic nitrogens is 1. The molecular formula is C12H21Cl2N3O2S2. The van der Waals surface area contributed by atoms with Gasteiger partial charge in [-0.15, -0.1) is 36.2 Å². The van der Waals surface area contributed by atoms with Crippen LogP contribution in [0, 0.1) is 12.8 Å². The predicted molar refractivity (Wildman–Crippen MR) is 90.5 cm³/mol. The first kappa shape index (κ1) is 19.1. The zero-order valence-corrected chi connectivity index (χ0v) is 15.0. The highest BCUT2D eigenvalue weighted by atomic mass is 35.5. The van der Waals surface area contributed by atoms with Gasteiger partial charge in [0.25, 0.3) is 0 Å². The molecule has 0 aromatic carbocycles. The Balaban J connectivity index is 0.00000110. The second-order valence-electron chi connectivity index (χ2n) is 5.56. The highest BCUT2D eigenvalue weighted by molar-refractivity contribution is 7.92. The van der Waals surface area contributed by atoms with Crippen molar-refractivity contribution in [2.24, 2.45) is 11.7 Å². The van der Waals surface area contributed by atoms with Crippen LogP contribution >= 0.6 is 36.2 Å². The molecule has 1 aromatic rings. The van der Waals surface area contributed by atoms with E-state index in [0.29, 0.717) is 6.54 Å². The third kappa shape index (κ3) is 3.89. The fraction of sp³-hybridized carbons (Fsp3) is 0.750. The molecule has 9 heteroatoms. The van der Waals surface area contributed by atoms with Gasteiger partial charge in [-0.05, 0) is 6.92 Å². The third-order valence-corrected chi connectivity index (χ3v) is 7.26. The summed E-state index contributed by atoms with van der Waals surface area (Å²) in [6.45, 7) is 4.33. The summed E-state index contributed by atoms with van der Waals surface area (Å²) in [4.78, 5) is 6.66. The minimum atomic E-state index is -2.97. The Morgan fingerprint density at radius 2 is 2.14 bits per heavy atom. The molecule has 0 bridgehead atoms. The average Bonchev–Trinajstić information content (AvgIpc) is 2.96. The molecule has 2 N–H and O–H groups in total. The lowest BCUT2D eigenvalue weighted by molar-refractivity contribution is 0.318. The number of hydrogen-bond donors (Lipinski definition) is 1. The molecular weight excluding hydrogens is 353 g/mol. The standard InChI is InChI=1S/C12H19N3O2S2.2ClH/c1-8-14-9(6-18-8)2-3-15-4-10-11(13)7-19(16,17)12(10)5-15;;/h6,10-12H,2-5,7,13H2,1H3;2*1H/t10-,11+,12-;;/m0../s1. The van der Waals surface area contributed by atoms with Crippen LogP contribution in [-0.2, 0) is 16.3 Å². The summed E-state index contributed by atoms with van der Waals surface area (Å²) in [5.41, 5.74) is 7.06. The van der Waals surface area contributed by atoms with Gasteiger partial charge >= 0.3 is 0 Å². The lowest BCUT2D eigenvalue weighted by Gasteiger charge is -2.17. The van der Waals surface area contributed by atoms with Crippen LogP contribution in [0.15, 0.2) is 5.38 Å². The highest BCUT2D eigenvalue weighted by Crippen LogP contribution is 2.32. The molecule has 2 fully saturated rings. The molecule has 0 amide bonds. The van der Waals surface area contributed by atoms with Gasteiger partial charge in [-0.1, -0.05) is 0 Å². The topological polar surface area (TPSA) is 76.3 Å². The summed E-state index contributed by atoms with van der Waals surface area (Å²) in [7, 11) is -2.97. The van der Waals surface area contributed by atoms with Crippen LogP contribution in [-0.4, -0.2) is 55.0 Å². The van der Waals surface area contributed by atoms with Crippen molar-refractivity contribution < 1.29 is 8.42 Å². The molecule has 0 aliphatic carbocycles. The van der Waals surface area contributed by atoms with E-state index in [1.54, 1.807) is 11.3 Å². The monoisotopic (exact) mass is 373 g/mol. The number of sulfone groups is 1. The first-order valence-electron chi connectivity index (χ1n) is 6.56. The van der Waals surface area contributed by atoms with E-state index < -0.39 is 9.84 Å². The number of likely N-dealkylation sites (tertiary alicyclic amines) is 1. The van der Waals surface area contributed by atoms with Gasteiger partial charge in [0.2, 0.25) is 0 Å². The van der Waals surface area contributed by atoms with Crippen molar-refractivity contribution in [3.63, 3.8) is 0 Å². The lowest BCUT2D eigenvalue weighted by Crippen LogP contribution is -2.33. The average molecular weight is 374 g/mol. The van der Waals surface area contributed by atoms with Crippen LogP contribution in [0.25, 0.3) is 0 Å². The zero-order chi connectivity index (χ0) is 13.6. The van der Waals surface area contributed by atoms with Crippen molar-refractivity contribution in [2.45, 2.75) is 24.6 Å². The Hall–Kier alpha value is 0.0800. The number of nitrogens with two attached hydrogens (primary N) is 1. The van der Waals surface area contributed by atoms with E-state index in [4.69, 9.17) is 5.73 Å². The maximum atomic E-state index is 12.0. The van der Waals surface area contributed by atoms with Crippen molar-refractivity contribution in [2.75, 3.05) is 25.4 Å². The van der Waals surface area contributed by atoms with E-state index >= 15 is 0 Å². The van der Waals surface area contributed by atoms with Gasteiger partial charge in [0, 0.05) is 43.4 Å². The molecule has 21 heavy (non-hydrogen) atoms. The number of rotatable bonds is 3. The molecule has 2 aliphatic rings. The number of fused-ring (bicyclic) bond motifs is 1. The second kappa shape index (κ2) is 7.10. The van der Waals surface area contributed by atoms with Gasteiger partial charge < -0.3 is 10.6 Å². The molecule has 5 nitrogen and oxygen atoms in total. The normalized spacial score (nSPS) is 30.5. The van der Waals surface area contributed by atoms with E-state index in [1.807, 2.05) is 6.92 Å². The quantitative estimate of drug-likeness (QED) is 0.851. The number of halogens is 2. The Bertz CT molecular complexity index is 579. The minimum Gasteiger partial charge on any atom is -0.326 e. The first-order valence-corrected chi connectivity index (χ1v) is 9.16. The molecule has 3 rings (SSSR count). The van der Waals surface area contributed by atoms with E-state index in [9.17, 15) is 8.42 Å². The molecule has 2 saturated heterocycles. The van der Waals surface area contributed by atoms with Crippen LogP contribution < -0.4 is 5.73 Å². The van der Waals surface area contributed by atoms with E-state index in [1.165, 1.54) is 0 Å². The minimum absolute atomic E-state index is 0. The summed E-state index contributed by atoms with van der Waals surface area (Å²) in [6.07, 6.45) is 0.888. The van der Waals surface area contributed by atoms with Crippen molar-refractivity contribution >= 4 is 46.0 Å². The Labute approximate surface area is 142 Å². The molecule has 3 atom stereocenters. The van der Waals surface area contributed by atoms with E-state index in [-0.39, 0.29) is 47.8 Å². The molecule has 0 unspecified atom stereocenters. The zero-order valence-electron chi connectivity index (χ0n) is 11.8. The van der Waals surface area contributed by atoms with Crippen LogP contribution in [0.2, 0.25) is 0 Å². The van der Waals surface area contributed by atoms with Gasteiger partial charge in [-0.25, -0.2) is 13.4 Å². The number of hydrogen-bond acceptors (Lipinski definition) is 6. The second-order valence-corrected chi connectivity index (χ2v) is 8.89. The van der Waals surface area contributed by atoms with Gasteiger partial charge in [0.05, 0.1) is 21.7 Å². The fourth-order valence-electron chi connectivity index (χ4n) is 3.16. The van der Waals surface area contributed by atoms with Gasteiger partial charge in [-0.3, -0.25) is 0 Å². The predicted octanol–water partition coefficient (Wildman–Crippen LogP) is 0.894. The largest absolute Gasteiger partial charge is 0.326 e. The molecule has 0 radical (unpaired) electrons. The Morgan fingerprint density at radius 3 is 2.71 bits per heavy atom. The lowest BCUT2D eigenvalue weighted by atomic mass is 10.0. The van der Waals surface area contributed by atoms with Crippen molar-refractivity contribution in [1.82, 2.24) is 9.88 Å². The van der Waals surface area contributed by atoms with Gasteiger partial charge in [0.15, 0.2) is 9.84 Å². The smallest absolute Gasteiger partial charge is 0.156 e. The summed E-state index contributed by atoms with van der Waals surface area (Å²) in [6, 6.07) is -0.179. The Morgan fingerprint density at radius 1 is 1.43 bits per heavy atom. The molecule has 2 aliphatic heterocycles. The summed E-state index contributed by atoms with van der Waals surface area (Å²) in [5, 5.41) is 2.92. The van der Waals surface area contributed by atoms with Crippen molar-refractivity contribution in [3.05, 3.63) is 16.1 Å². The fourth-order valence-corrected chi connectivity index (χ4v) is 6.10. The van der Waals surface area contributed by atoms with Gasteiger partial charge in [-0.2, -0.15) is 0 Å². The number of thiazole rings is 1. The highest BCUT2D eigenvalue weighted by Gasteiger charge is 2.50. The molecule has 122 valence electrons. The summed E-state index contributed by atoms with van der Waals surface area (Å²) >= 11 is 1.66. The Kier molecular flexibility index (Phi) is 6.47. The third-order valence-electron chi connectivity index (χ3n) is 4.17. The maximum Gasteiger partial charge on any atom is 0.156 e. The molecule has 0 spiro atoms. The van der Waals surface area contributed by atoms with Crippen molar-refractivity contribution in [1.29, 1.82) is 0 Å². The molecule has 1 aromatic heterocycles. The van der Waals surface area contributed by atoms with E-state index in [2.05, 4.69) is 15.3 Å².